The Kier molecular flexibility index (Phi) is 4.54. The van der Waals surface area contributed by atoms with Crippen molar-refractivity contribution in [2.24, 2.45) is 0 Å². The molecule has 0 bridgehead atoms. The minimum absolute atomic E-state index is 0.0412. The van der Waals surface area contributed by atoms with Crippen LogP contribution in [0.3, 0.4) is 0 Å². The predicted molar refractivity (Wildman–Crippen MR) is 60.4 cm³/mol. The van der Waals surface area contributed by atoms with Gasteiger partial charge >= 0.3 is 11.9 Å². The van der Waals surface area contributed by atoms with Gasteiger partial charge in [-0.05, 0) is 6.07 Å². The Bertz CT molecular complexity index is 400. The van der Waals surface area contributed by atoms with Gasteiger partial charge in [0, 0.05) is 11.9 Å². The second-order valence-electron chi connectivity index (χ2n) is 3.01. The molecule has 1 heterocycles. The van der Waals surface area contributed by atoms with E-state index in [9.17, 15) is 9.59 Å². The monoisotopic (exact) mass is 289 g/mol. The molecule has 0 fully saturated rings. The minimum atomic E-state index is -0.460. The minimum Gasteiger partial charge on any atom is -0.469 e. The first kappa shape index (κ1) is 12.8. The number of rotatable bonds is 4. The van der Waals surface area contributed by atoms with E-state index < -0.39 is 11.9 Å². The molecule has 0 aliphatic rings. The molecule has 1 aromatic heterocycles. The van der Waals surface area contributed by atoms with E-state index in [1.165, 1.54) is 14.2 Å². The van der Waals surface area contributed by atoms with Crippen molar-refractivity contribution in [3.63, 3.8) is 0 Å². The third kappa shape index (κ3) is 2.63. The summed E-state index contributed by atoms with van der Waals surface area (Å²) in [5, 5.41) is 0. The van der Waals surface area contributed by atoms with Gasteiger partial charge in [0.1, 0.15) is 0 Å². The molecular formula is C10H12BrNO4. The first-order chi connectivity index (χ1) is 7.63. The Labute approximate surface area is 101 Å². The van der Waals surface area contributed by atoms with E-state index in [0.717, 1.165) is 0 Å². The van der Waals surface area contributed by atoms with Gasteiger partial charge in [-0.2, -0.15) is 0 Å². The van der Waals surface area contributed by atoms with Crippen molar-refractivity contribution in [1.29, 1.82) is 0 Å². The maximum Gasteiger partial charge on any atom is 0.339 e. The highest BCUT2D eigenvalue weighted by Gasteiger charge is 2.18. The van der Waals surface area contributed by atoms with E-state index in [2.05, 4.69) is 25.4 Å². The van der Waals surface area contributed by atoms with Crippen molar-refractivity contribution in [3.05, 3.63) is 23.5 Å². The number of carbonyl (C=O) groups excluding carboxylic acids is 2. The summed E-state index contributed by atoms with van der Waals surface area (Å²) in [6.45, 7) is 0. The summed E-state index contributed by atoms with van der Waals surface area (Å²) in [6, 6.07) is 1.62. The highest BCUT2D eigenvalue weighted by Crippen LogP contribution is 2.15. The number of halogens is 1. The summed E-state index contributed by atoms with van der Waals surface area (Å²) < 4.78 is 10.9. The van der Waals surface area contributed by atoms with Crippen molar-refractivity contribution in [2.75, 3.05) is 14.2 Å². The first-order valence-corrected chi connectivity index (χ1v) is 5.65. The second-order valence-corrected chi connectivity index (χ2v) is 3.51. The highest BCUT2D eigenvalue weighted by molar-refractivity contribution is 9.08. The number of methoxy groups -OCH3 is 2. The van der Waals surface area contributed by atoms with Crippen molar-refractivity contribution in [1.82, 2.24) is 4.57 Å². The quantitative estimate of drug-likeness (QED) is 0.620. The topological polar surface area (TPSA) is 57.5 Å². The fraction of sp³-hybridized carbons (Fsp3) is 0.400. The van der Waals surface area contributed by atoms with Crippen molar-refractivity contribution >= 4 is 27.9 Å². The van der Waals surface area contributed by atoms with Gasteiger partial charge in [0.05, 0.1) is 31.7 Å². The number of nitrogens with zero attached hydrogens (tertiary/aromatic N) is 1. The third-order valence-electron chi connectivity index (χ3n) is 2.15. The summed E-state index contributed by atoms with van der Waals surface area (Å²) in [4.78, 5) is 22.6. The molecule has 0 saturated heterocycles. The van der Waals surface area contributed by atoms with E-state index in [-0.39, 0.29) is 6.42 Å². The van der Waals surface area contributed by atoms with Crippen LogP contribution in [0.25, 0.3) is 0 Å². The van der Waals surface area contributed by atoms with Gasteiger partial charge in [0.2, 0.25) is 0 Å². The molecule has 0 aliphatic carbocycles. The molecule has 0 radical (unpaired) electrons. The fourth-order valence-corrected chi connectivity index (χ4v) is 1.79. The van der Waals surface area contributed by atoms with Crippen LogP contribution in [0, 0.1) is 0 Å². The van der Waals surface area contributed by atoms with Crippen LogP contribution in [-0.2, 0) is 26.1 Å². The molecule has 88 valence electrons. The van der Waals surface area contributed by atoms with Gasteiger partial charge < -0.3 is 14.0 Å². The number of carbonyl (C=O) groups is 2. The van der Waals surface area contributed by atoms with Crippen LogP contribution < -0.4 is 0 Å². The molecular weight excluding hydrogens is 278 g/mol. The molecule has 0 atom stereocenters. The van der Waals surface area contributed by atoms with Crippen LogP contribution >= 0.6 is 15.9 Å². The summed E-state index contributed by atoms with van der Waals surface area (Å²) in [5.74, 6) is -0.857. The van der Waals surface area contributed by atoms with Gasteiger partial charge in [-0.1, -0.05) is 15.9 Å². The maximum atomic E-state index is 11.4. The zero-order valence-corrected chi connectivity index (χ0v) is 10.6. The Morgan fingerprint density at radius 1 is 1.38 bits per heavy atom. The van der Waals surface area contributed by atoms with Crippen molar-refractivity contribution in [3.8, 4) is 0 Å². The van der Waals surface area contributed by atoms with Crippen LogP contribution in [0.2, 0.25) is 0 Å². The zero-order valence-electron chi connectivity index (χ0n) is 9.03. The highest BCUT2D eigenvalue weighted by atomic mass is 79.9. The smallest absolute Gasteiger partial charge is 0.339 e. The third-order valence-corrected chi connectivity index (χ3v) is 2.69. The standard InChI is InChI=1S/C10H12BrNO4/c1-15-9(13)5-8-7(10(14)16-2)3-4-12(8)6-11/h3-4H,5-6H2,1-2H3. The Balaban J connectivity index is 3.05. The van der Waals surface area contributed by atoms with Crippen LogP contribution in [0.4, 0.5) is 0 Å². The van der Waals surface area contributed by atoms with Crippen LogP contribution in [-0.4, -0.2) is 30.7 Å². The SMILES string of the molecule is COC(=O)Cc1c(C(=O)OC)ccn1CBr. The molecule has 16 heavy (non-hydrogen) atoms. The average Bonchev–Trinajstić information content (AvgIpc) is 2.70. The lowest BCUT2D eigenvalue weighted by Crippen LogP contribution is -2.13. The number of ether oxygens (including phenoxy) is 2. The van der Waals surface area contributed by atoms with Crippen LogP contribution in [0.15, 0.2) is 12.3 Å². The van der Waals surface area contributed by atoms with Crippen molar-refractivity contribution < 1.29 is 19.1 Å². The molecule has 0 unspecified atom stereocenters. The molecule has 0 aromatic carbocycles. The molecule has 1 rings (SSSR count). The van der Waals surface area contributed by atoms with E-state index in [4.69, 9.17) is 0 Å². The second kappa shape index (κ2) is 5.69. The normalized spacial score (nSPS) is 9.94. The van der Waals surface area contributed by atoms with Gasteiger partial charge in [-0.15, -0.1) is 0 Å². The summed E-state index contributed by atoms with van der Waals surface area (Å²) in [6.07, 6.45) is 1.75. The molecule has 0 spiro atoms. The van der Waals surface area contributed by atoms with E-state index in [1.54, 1.807) is 16.8 Å². The van der Waals surface area contributed by atoms with Gasteiger partial charge in [-0.3, -0.25) is 4.79 Å². The van der Waals surface area contributed by atoms with E-state index >= 15 is 0 Å². The van der Waals surface area contributed by atoms with Crippen molar-refractivity contribution in [2.45, 2.75) is 11.9 Å². The van der Waals surface area contributed by atoms with Crippen LogP contribution in [0.1, 0.15) is 16.1 Å². The lowest BCUT2D eigenvalue weighted by atomic mass is 10.2. The van der Waals surface area contributed by atoms with Gasteiger partial charge in [-0.25, -0.2) is 4.79 Å². The van der Waals surface area contributed by atoms with Crippen LogP contribution in [0.5, 0.6) is 0 Å². The van der Waals surface area contributed by atoms with Gasteiger partial charge in [0.15, 0.2) is 0 Å². The lowest BCUT2D eigenvalue weighted by Gasteiger charge is -2.06. The summed E-state index contributed by atoms with van der Waals surface area (Å²) in [7, 11) is 2.61. The molecule has 0 saturated carbocycles. The maximum absolute atomic E-state index is 11.4. The Hall–Kier alpha value is -1.30. The lowest BCUT2D eigenvalue weighted by molar-refractivity contribution is -0.139. The first-order valence-electron chi connectivity index (χ1n) is 4.53. The predicted octanol–water partition coefficient (Wildman–Crippen LogP) is 1.34. The number of alkyl halides is 1. The molecule has 0 amide bonds. The number of hydrogen-bond acceptors (Lipinski definition) is 4. The zero-order chi connectivity index (χ0) is 12.1. The number of hydrogen-bond donors (Lipinski definition) is 0. The molecule has 1 aromatic rings. The van der Waals surface area contributed by atoms with E-state index in [0.29, 0.717) is 16.7 Å². The molecule has 0 aliphatic heterocycles. The Morgan fingerprint density at radius 3 is 2.56 bits per heavy atom. The largest absolute Gasteiger partial charge is 0.469 e. The van der Waals surface area contributed by atoms with E-state index in [1.807, 2.05) is 0 Å². The average molecular weight is 290 g/mol. The molecule has 0 N–H and O–H groups in total. The Morgan fingerprint density at radius 2 is 2.06 bits per heavy atom. The summed E-state index contributed by atoms with van der Waals surface area (Å²) >= 11 is 3.26. The molecule has 6 heteroatoms. The number of aromatic nitrogens is 1. The number of esters is 2. The van der Waals surface area contributed by atoms with Gasteiger partial charge in [0.25, 0.3) is 0 Å². The fourth-order valence-electron chi connectivity index (χ4n) is 1.32. The molecule has 5 nitrogen and oxygen atoms in total. The summed E-state index contributed by atoms with van der Waals surface area (Å²) in [5.41, 5.74) is 1.46.